The van der Waals surface area contributed by atoms with Crippen LogP contribution in [0.1, 0.15) is 10.4 Å². The van der Waals surface area contributed by atoms with Crippen molar-refractivity contribution in [2.75, 3.05) is 6.26 Å². The van der Waals surface area contributed by atoms with Crippen molar-refractivity contribution in [1.82, 2.24) is 9.71 Å². The van der Waals surface area contributed by atoms with Crippen LogP contribution in [0, 0.1) is 0 Å². The summed E-state index contributed by atoms with van der Waals surface area (Å²) in [4.78, 5) is 16.9. The second-order valence-corrected chi connectivity index (χ2v) is 7.41. The summed E-state index contributed by atoms with van der Waals surface area (Å²) in [7, 11) is -3.67. The van der Waals surface area contributed by atoms with E-state index in [2.05, 4.69) is 4.98 Å². The summed E-state index contributed by atoms with van der Waals surface area (Å²) in [5.74, 6) is -0.704. The highest BCUT2D eigenvalue weighted by atomic mass is 35.5. The van der Waals surface area contributed by atoms with Gasteiger partial charge in [-0.15, -0.1) is 0 Å². The second kappa shape index (κ2) is 6.22. The molecule has 3 aromatic rings. The molecule has 0 radical (unpaired) electrons. The fourth-order valence-corrected chi connectivity index (χ4v) is 3.07. The SMILES string of the molecule is CS(=O)(=O)NC(=O)c1cc(-c2ccccc2Cl)nc2ccccc12. The number of carbonyl (C=O) groups excluding carboxylic acids is 1. The molecule has 2 aromatic carbocycles. The van der Waals surface area contributed by atoms with Gasteiger partial charge in [0.1, 0.15) is 0 Å². The van der Waals surface area contributed by atoms with Gasteiger partial charge in [0.2, 0.25) is 10.0 Å². The fraction of sp³-hybridized carbons (Fsp3) is 0.0588. The van der Waals surface area contributed by atoms with Gasteiger partial charge in [-0.05, 0) is 18.2 Å². The summed E-state index contributed by atoms with van der Waals surface area (Å²) in [6.45, 7) is 0. The number of para-hydroxylation sites is 1. The summed E-state index contributed by atoms with van der Waals surface area (Å²) in [6, 6.07) is 15.7. The minimum Gasteiger partial charge on any atom is -0.268 e. The third kappa shape index (κ3) is 3.39. The topological polar surface area (TPSA) is 76.1 Å². The lowest BCUT2D eigenvalue weighted by Crippen LogP contribution is -2.29. The number of sulfonamides is 1. The Morgan fingerprint density at radius 2 is 1.75 bits per heavy atom. The number of carbonyl (C=O) groups is 1. The third-order valence-corrected chi connectivity index (χ3v) is 4.27. The van der Waals surface area contributed by atoms with Gasteiger partial charge in [0.25, 0.3) is 5.91 Å². The Balaban J connectivity index is 2.24. The molecule has 0 saturated carbocycles. The van der Waals surface area contributed by atoms with E-state index in [0.717, 1.165) is 6.26 Å². The van der Waals surface area contributed by atoms with Crippen LogP contribution < -0.4 is 4.72 Å². The summed E-state index contributed by atoms with van der Waals surface area (Å²) >= 11 is 6.21. The Kier molecular flexibility index (Phi) is 4.26. The molecule has 1 heterocycles. The quantitative estimate of drug-likeness (QED) is 0.777. The van der Waals surface area contributed by atoms with Crippen molar-refractivity contribution in [2.45, 2.75) is 0 Å². The number of rotatable bonds is 3. The predicted molar refractivity (Wildman–Crippen MR) is 94.5 cm³/mol. The van der Waals surface area contributed by atoms with Gasteiger partial charge in [-0.25, -0.2) is 18.1 Å². The third-order valence-electron chi connectivity index (χ3n) is 3.39. The van der Waals surface area contributed by atoms with Crippen LogP contribution in [-0.2, 0) is 10.0 Å². The zero-order valence-electron chi connectivity index (χ0n) is 12.7. The van der Waals surface area contributed by atoms with Crippen molar-refractivity contribution in [3.05, 3.63) is 65.2 Å². The Hall–Kier alpha value is -2.44. The monoisotopic (exact) mass is 360 g/mol. The summed E-state index contributed by atoms with van der Waals surface area (Å²) in [5, 5.41) is 1.06. The van der Waals surface area contributed by atoms with Crippen molar-refractivity contribution in [2.24, 2.45) is 0 Å². The van der Waals surface area contributed by atoms with E-state index in [4.69, 9.17) is 11.6 Å². The number of hydrogen-bond donors (Lipinski definition) is 1. The van der Waals surface area contributed by atoms with E-state index in [1.165, 1.54) is 0 Å². The molecule has 0 aliphatic rings. The van der Waals surface area contributed by atoms with Gasteiger partial charge in [-0.2, -0.15) is 0 Å². The zero-order valence-corrected chi connectivity index (χ0v) is 14.2. The number of aromatic nitrogens is 1. The Bertz CT molecular complexity index is 1050. The molecule has 0 spiro atoms. The van der Waals surface area contributed by atoms with Crippen LogP contribution >= 0.6 is 11.6 Å². The van der Waals surface area contributed by atoms with Gasteiger partial charge in [-0.1, -0.05) is 48.0 Å². The van der Waals surface area contributed by atoms with Crippen molar-refractivity contribution in [3.63, 3.8) is 0 Å². The first-order valence-corrected chi connectivity index (χ1v) is 9.29. The lowest BCUT2D eigenvalue weighted by atomic mass is 10.0. The van der Waals surface area contributed by atoms with Gasteiger partial charge in [0.05, 0.1) is 23.0 Å². The molecule has 3 rings (SSSR count). The molecule has 1 amide bonds. The van der Waals surface area contributed by atoms with Crippen molar-refractivity contribution >= 4 is 38.4 Å². The number of halogens is 1. The maximum Gasteiger partial charge on any atom is 0.265 e. The molecule has 1 aromatic heterocycles. The molecule has 122 valence electrons. The first kappa shape index (κ1) is 16.4. The molecule has 7 heteroatoms. The van der Waals surface area contributed by atoms with E-state index in [-0.39, 0.29) is 5.56 Å². The van der Waals surface area contributed by atoms with Gasteiger partial charge in [0.15, 0.2) is 0 Å². The van der Waals surface area contributed by atoms with Crippen molar-refractivity contribution in [1.29, 1.82) is 0 Å². The van der Waals surface area contributed by atoms with Crippen LogP contribution in [-0.4, -0.2) is 25.6 Å². The number of amides is 1. The highest BCUT2D eigenvalue weighted by molar-refractivity contribution is 7.89. The highest BCUT2D eigenvalue weighted by Gasteiger charge is 2.17. The van der Waals surface area contributed by atoms with Crippen LogP contribution in [0.5, 0.6) is 0 Å². The van der Waals surface area contributed by atoms with Gasteiger partial charge < -0.3 is 0 Å². The molecule has 0 atom stereocenters. The number of nitrogens with zero attached hydrogens (tertiary/aromatic N) is 1. The molecular formula is C17H13ClN2O3S. The molecule has 0 aliphatic heterocycles. The van der Waals surface area contributed by atoms with Gasteiger partial charge in [-0.3, -0.25) is 4.79 Å². The maximum absolute atomic E-state index is 12.4. The molecular weight excluding hydrogens is 348 g/mol. The van der Waals surface area contributed by atoms with Gasteiger partial charge >= 0.3 is 0 Å². The number of hydrogen-bond acceptors (Lipinski definition) is 4. The molecule has 1 N–H and O–H groups in total. The van der Waals surface area contributed by atoms with Crippen molar-refractivity contribution < 1.29 is 13.2 Å². The van der Waals surface area contributed by atoms with E-state index in [0.29, 0.717) is 27.2 Å². The van der Waals surface area contributed by atoms with E-state index in [9.17, 15) is 13.2 Å². The smallest absolute Gasteiger partial charge is 0.265 e. The average Bonchev–Trinajstić information content (AvgIpc) is 2.52. The minimum atomic E-state index is -3.67. The summed E-state index contributed by atoms with van der Waals surface area (Å²) < 4.78 is 24.8. The van der Waals surface area contributed by atoms with Crippen LogP contribution in [0.15, 0.2) is 54.6 Å². The normalized spacial score (nSPS) is 11.4. The largest absolute Gasteiger partial charge is 0.268 e. The van der Waals surface area contributed by atoms with E-state index < -0.39 is 15.9 Å². The average molecular weight is 361 g/mol. The van der Waals surface area contributed by atoms with Crippen LogP contribution in [0.3, 0.4) is 0 Å². The zero-order chi connectivity index (χ0) is 17.3. The highest BCUT2D eigenvalue weighted by Crippen LogP contribution is 2.29. The lowest BCUT2D eigenvalue weighted by Gasteiger charge is -2.10. The first-order valence-electron chi connectivity index (χ1n) is 7.02. The molecule has 5 nitrogen and oxygen atoms in total. The summed E-state index contributed by atoms with van der Waals surface area (Å²) in [6.07, 6.45) is 0.934. The van der Waals surface area contributed by atoms with Crippen LogP contribution in [0.4, 0.5) is 0 Å². The molecule has 0 fully saturated rings. The standard InChI is InChI=1S/C17H13ClN2O3S/c1-24(22,23)20-17(21)13-10-16(12-7-2-4-8-14(12)18)19-15-9-5-3-6-11(13)15/h2-10H,1H3,(H,20,21). The van der Waals surface area contributed by atoms with E-state index in [1.54, 1.807) is 48.5 Å². The summed E-state index contributed by atoms with van der Waals surface area (Å²) in [5.41, 5.74) is 1.96. The minimum absolute atomic E-state index is 0.223. The van der Waals surface area contributed by atoms with E-state index in [1.807, 2.05) is 10.8 Å². The van der Waals surface area contributed by atoms with E-state index >= 15 is 0 Å². The number of nitrogens with one attached hydrogen (secondary N) is 1. The number of fused-ring (bicyclic) bond motifs is 1. The number of benzene rings is 2. The molecule has 0 aliphatic carbocycles. The molecule has 0 unspecified atom stereocenters. The fourth-order valence-electron chi connectivity index (χ4n) is 2.39. The molecule has 0 saturated heterocycles. The molecule has 24 heavy (non-hydrogen) atoms. The maximum atomic E-state index is 12.4. The van der Waals surface area contributed by atoms with Crippen LogP contribution in [0.2, 0.25) is 5.02 Å². The Labute approximate surface area is 144 Å². The lowest BCUT2D eigenvalue weighted by molar-refractivity contribution is 0.0983. The second-order valence-electron chi connectivity index (χ2n) is 5.26. The van der Waals surface area contributed by atoms with Crippen LogP contribution in [0.25, 0.3) is 22.2 Å². The Morgan fingerprint density at radius 1 is 1.08 bits per heavy atom. The molecule has 0 bridgehead atoms. The van der Waals surface area contributed by atoms with Gasteiger partial charge in [0, 0.05) is 16.0 Å². The Morgan fingerprint density at radius 3 is 2.46 bits per heavy atom. The predicted octanol–water partition coefficient (Wildman–Crippen LogP) is 3.24. The van der Waals surface area contributed by atoms with Crippen molar-refractivity contribution in [3.8, 4) is 11.3 Å². The first-order chi connectivity index (χ1) is 11.3. The number of pyridine rings is 1.